The minimum absolute atomic E-state index is 0.400. The van der Waals surface area contributed by atoms with E-state index in [-0.39, 0.29) is 0 Å². The van der Waals surface area contributed by atoms with Gasteiger partial charge in [-0.1, -0.05) is 36.4 Å². The normalized spacial score (nSPS) is 18.8. The first-order chi connectivity index (χ1) is 10.8. The van der Waals surface area contributed by atoms with Crippen LogP contribution in [0.5, 0.6) is 0 Å². The summed E-state index contributed by atoms with van der Waals surface area (Å²) in [5.41, 5.74) is 6.00. The van der Waals surface area contributed by atoms with Gasteiger partial charge in [0.25, 0.3) is 0 Å². The molecule has 112 valence electrons. The van der Waals surface area contributed by atoms with Crippen molar-refractivity contribution in [1.29, 1.82) is 0 Å². The first kappa shape index (κ1) is 14.5. The molecule has 0 aromatic heterocycles. The number of nitrogens with zero attached hydrogens (tertiary/aromatic N) is 1. The number of hydrogen-bond acceptors (Lipinski definition) is 2. The third kappa shape index (κ3) is 2.80. The number of carbonyl (C=O) groups excluding carboxylic acids is 1. The maximum Gasteiger partial charge on any atom is 0.211 e. The number of rotatable bonds is 4. The molecule has 0 heterocycles. The largest absolute Gasteiger partial charge is 0.329 e. The van der Waals surface area contributed by atoms with Crippen molar-refractivity contribution in [1.82, 2.24) is 0 Å². The molecule has 2 aromatic carbocycles. The van der Waals surface area contributed by atoms with Gasteiger partial charge in [0.15, 0.2) is 0 Å². The molecule has 0 radical (unpaired) electrons. The van der Waals surface area contributed by atoms with E-state index in [2.05, 4.69) is 53.6 Å². The fourth-order valence-electron chi connectivity index (χ4n) is 3.22. The molecule has 2 aromatic rings. The molecule has 0 spiro atoms. The van der Waals surface area contributed by atoms with Gasteiger partial charge in [-0.05, 0) is 48.6 Å². The molecule has 1 atom stereocenters. The van der Waals surface area contributed by atoms with Crippen molar-refractivity contribution in [2.45, 2.75) is 25.7 Å². The second-order valence-electron chi connectivity index (χ2n) is 5.48. The van der Waals surface area contributed by atoms with Crippen molar-refractivity contribution in [3.8, 4) is 0 Å². The Balaban J connectivity index is 1.96. The number of benzene rings is 2. The standard InChI is InChI=1S/C19H20N2O/c1-2-20-19-12-11-16(17-5-3-4-6-18(17)19)14-7-9-15(10-8-14)21-13-22/h3-10,13,16H,2,11-12H2,1H3,(H,21,22). The molecule has 1 amide bonds. The van der Waals surface area contributed by atoms with Crippen LogP contribution in [0.15, 0.2) is 53.5 Å². The van der Waals surface area contributed by atoms with Gasteiger partial charge in [-0.3, -0.25) is 9.79 Å². The zero-order valence-electron chi connectivity index (χ0n) is 12.8. The molecule has 0 saturated heterocycles. The van der Waals surface area contributed by atoms with E-state index in [4.69, 9.17) is 0 Å². The van der Waals surface area contributed by atoms with Gasteiger partial charge < -0.3 is 5.32 Å². The van der Waals surface area contributed by atoms with Crippen LogP contribution in [0.1, 0.15) is 42.4 Å². The van der Waals surface area contributed by atoms with Crippen LogP contribution in [-0.2, 0) is 4.79 Å². The minimum atomic E-state index is 0.400. The van der Waals surface area contributed by atoms with Crippen LogP contribution in [0.2, 0.25) is 0 Å². The monoisotopic (exact) mass is 292 g/mol. The van der Waals surface area contributed by atoms with Crippen LogP contribution >= 0.6 is 0 Å². The lowest BCUT2D eigenvalue weighted by molar-refractivity contribution is -0.105. The molecule has 1 aliphatic carbocycles. The Labute approximate surface area is 131 Å². The number of amides is 1. The first-order valence-electron chi connectivity index (χ1n) is 7.76. The molecule has 0 aliphatic heterocycles. The van der Waals surface area contributed by atoms with E-state index in [1.165, 1.54) is 22.4 Å². The van der Waals surface area contributed by atoms with Gasteiger partial charge in [-0.25, -0.2) is 0 Å². The molecule has 22 heavy (non-hydrogen) atoms. The third-order valence-corrected chi connectivity index (χ3v) is 4.20. The zero-order valence-corrected chi connectivity index (χ0v) is 12.8. The summed E-state index contributed by atoms with van der Waals surface area (Å²) in [7, 11) is 0. The summed E-state index contributed by atoms with van der Waals surface area (Å²) in [4.78, 5) is 15.2. The highest BCUT2D eigenvalue weighted by Gasteiger charge is 2.24. The van der Waals surface area contributed by atoms with Crippen molar-refractivity contribution < 1.29 is 4.79 Å². The number of carbonyl (C=O) groups is 1. The molecule has 1 N–H and O–H groups in total. The molecule has 3 heteroatoms. The molecule has 1 unspecified atom stereocenters. The zero-order chi connectivity index (χ0) is 15.4. The summed E-state index contributed by atoms with van der Waals surface area (Å²) in [6.07, 6.45) is 2.80. The fourth-order valence-corrected chi connectivity index (χ4v) is 3.22. The Morgan fingerprint density at radius 3 is 2.68 bits per heavy atom. The summed E-state index contributed by atoms with van der Waals surface area (Å²) in [6, 6.07) is 16.7. The van der Waals surface area contributed by atoms with E-state index < -0.39 is 0 Å². The van der Waals surface area contributed by atoms with E-state index in [0.29, 0.717) is 12.3 Å². The number of hydrogen-bond donors (Lipinski definition) is 1. The Morgan fingerprint density at radius 2 is 1.95 bits per heavy atom. The molecular weight excluding hydrogens is 272 g/mol. The minimum Gasteiger partial charge on any atom is -0.329 e. The molecule has 3 rings (SSSR count). The lowest BCUT2D eigenvalue weighted by atomic mass is 9.78. The van der Waals surface area contributed by atoms with Crippen LogP contribution in [0.25, 0.3) is 0 Å². The van der Waals surface area contributed by atoms with Gasteiger partial charge in [0.1, 0.15) is 0 Å². The van der Waals surface area contributed by atoms with Crippen molar-refractivity contribution in [2.75, 3.05) is 11.9 Å². The number of aliphatic imine (C=N–C) groups is 1. The van der Waals surface area contributed by atoms with Crippen LogP contribution < -0.4 is 5.32 Å². The summed E-state index contributed by atoms with van der Waals surface area (Å²) in [5.74, 6) is 0.400. The van der Waals surface area contributed by atoms with Gasteiger partial charge in [-0.15, -0.1) is 0 Å². The average Bonchev–Trinajstić information content (AvgIpc) is 2.57. The molecular formula is C19H20N2O. The van der Waals surface area contributed by atoms with E-state index in [9.17, 15) is 4.79 Å². The molecule has 0 fully saturated rings. The topological polar surface area (TPSA) is 41.5 Å². The third-order valence-electron chi connectivity index (χ3n) is 4.20. The van der Waals surface area contributed by atoms with E-state index >= 15 is 0 Å². The highest BCUT2D eigenvalue weighted by atomic mass is 16.1. The van der Waals surface area contributed by atoms with E-state index in [1.54, 1.807) is 0 Å². The Hall–Kier alpha value is -2.42. The Morgan fingerprint density at radius 1 is 1.18 bits per heavy atom. The summed E-state index contributed by atoms with van der Waals surface area (Å²) in [6.45, 7) is 2.92. The molecule has 3 nitrogen and oxygen atoms in total. The Kier molecular flexibility index (Phi) is 4.33. The first-order valence-corrected chi connectivity index (χ1v) is 7.76. The lowest BCUT2D eigenvalue weighted by Gasteiger charge is -2.27. The molecule has 1 aliphatic rings. The van der Waals surface area contributed by atoms with Crippen molar-refractivity contribution in [3.05, 3.63) is 65.2 Å². The van der Waals surface area contributed by atoms with Gasteiger partial charge in [0.05, 0.1) is 0 Å². The summed E-state index contributed by atoms with van der Waals surface area (Å²) in [5, 5.41) is 2.68. The van der Waals surface area contributed by atoms with Crippen molar-refractivity contribution in [3.63, 3.8) is 0 Å². The smallest absolute Gasteiger partial charge is 0.211 e. The average molecular weight is 292 g/mol. The number of anilines is 1. The van der Waals surface area contributed by atoms with Crippen LogP contribution in [-0.4, -0.2) is 18.7 Å². The van der Waals surface area contributed by atoms with E-state index in [0.717, 1.165) is 25.1 Å². The second-order valence-corrected chi connectivity index (χ2v) is 5.48. The lowest BCUT2D eigenvalue weighted by Crippen LogP contribution is -2.17. The maximum absolute atomic E-state index is 10.5. The molecule has 0 bridgehead atoms. The van der Waals surface area contributed by atoms with Crippen LogP contribution in [0.3, 0.4) is 0 Å². The van der Waals surface area contributed by atoms with Gasteiger partial charge >= 0.3 is 0 Å². The van der Waals surface area contributed by atoms with Gasteiger partial charge in [0, 0.05) is 23.9 Å². The predicted octanol–water partition coefficient (Wildman–Crippen LogP) is 3.99. The van der Waals surface area contributed by atoms with Crippen LogP contribution in [0.4, 0.5) is 5.69 Å². The van der Waals surface area contributed by atoms with Gasteiger partial charge in [0.2, 0.25) is 6.41 Å². The quantitative estimate of drug-likeness (QED) is 0.851. The molecule has 0 saturated carbocycles. The van der Waals surface area contributed by atoms with Crippen LogP contribution in [0, 0.1) is 0 Å². The fraction of sp³-hybridized carbons (Fsp3) is 0.263. The second kappa shape index (κ2) is 6.56. The van der Waals surface area contributed by atoms with Gasteiger partial charge in [-0.2, -0.15) is 0 Å². The highest BCUT2D eigenvalue weighted by Crippen LogP contribution is 2.37. The number of fused-ring (bicyclic) bond motifs is 1. The highest BCUT2D eigenvalue weighted by molar-refractivity contribution is 6.03. The summed E-state index contributed by atoms with van der Waals surface area (Å²) >= 11 is 0. The summed E-state index contributed by atoms with van der Waals surface area (Å²) < 4.78 is 0. The predicted molar refractivity (Wildman–Crippen MR) is 90.7 cm³/mol. The van der Waals surface area contributed by atoms with E-state index in [1.807, 2.05) is 12.1 Å². The number of nitrogens with one attached hydrogen (secondary N) is 1. The van der Waals surface area contributed by atoms with Crippen molar-refractivity contribution >= 4 is 17.8 Å². The maximum atomic E-state index is 10.5. The Bertz CT molecular complexity index is 689. The van der Waals surface area contributed by atoms with Crippen molar-refractivity contribution in [2.24, 2.45) is 4.99 Å². The SMILES string of the molecule is CCN=C1CCC(c2ccc(NC=O)cc2)c2ccccc21.